The second-order valence-corrected chi connectivity index (χ2v) is 6.06. The van der Waals surface area contributed by atoms with Crippen molar-refractivity contribution in [3.8, 4) is 0 Å². The zero-order valence-corrected chi connectivity index (χ0v) is 9.11. The van der Waals surface area contributed by atoms with Crippen LogP contribution >= 0.6 is 0 Å². The lowest BCUT2D eigenvalue weighted by Crippen LogP contribution is -2.44. The summed E-state index contributed by atoms with van der Waals surface area (Å²) in [4.78, 5) is 0. The first-order valence-corrected chi connectivity index (χ1v) is 6.33. The lowest BCUT2D eigenvalue weighted by atomic mass is 10.4. The SMILES string of the molecule is c1ccc([Si]2O[Si]O[Si]O2)cc1. The van der Waals surface area contributed by atoms with Crippen molar-refractivity contribution < 1.29 is 12.3 Å². The van der Waals surface area contributed by atoms with E-state index in [-0.39, 0.29) is 20.0 Å². The Balaban J connectivity index is 2.08. The van der Waals surface area contributed by atoms with Gasteiger partial charge < -0.3 is 12.3 Å². The molecule has 12 heavy (non-hydrogen) atoms. The van der Waals surface area contributed by atoms with E-state index >= 15 is 0 Å². The van der Waals surface area contributed by atoms with Gasteiger partial charge in [-0.3, -0.25) is 0 Å². The normalized spacial score (nSPS) is 19.3. The van der Waals surface area contributed by atoms with Crippen LogP contribution in [-0.4, -0.2) is 29.3 Å². The van der Waals surface area contributed by atoms with Crippen LogP contribution in [0.5, 0.6) is 0 Å². The molecule has 1 heterocycles. The summed E-state index contributed by atoms with van der Waals surface area (Å²) in [6.07, 6.45) is 0. The molecule has 1 aromatic rings. The highest BCUT2D eigenvalue weighted by atomic mass is 28.4. The van der Waals surface area contributed by atoms with Crippen molar-refractivity contribution in [3.05, 3.63) is 30.3 Å². The van der Waals surface area contributed by atoms with Gasteiger partial charge in [0.05, 0.1) is 0 Å². The largest absolute Gasteiger partial charge is 0.413 e. The maximum Gasteiger partial charge on any atom is 0.413 e. The van der Waals surface area contributed by atoms with Crippen molar-refractivity contribution in [1.29, 1.82) is 0 Å². The minimum Gasteiger partial charge on any atom is -0.412 e. The summed E-state index contributed by atoms with van der Waals surface area (Å²) in [5.41, 5.74) is 0. The summed E-state index contributed by atoms with van der Waals surface area (Å²) in [6, 6.07) is 10.0. The molecule has 2 rings (SSSR count). The molecule has 0 N–H and O–H groups in total. The minimum atomic E-state index is -1.23. The fourth-order valence-corrected chi connectivity index (χ4v) is 4.62. The van der Waals surface area contributed by atoms with Crippen molar-refractivity contribution in [3.63, 3.8) is 0 Å². The number of benzene rings is 1. The summed E-state index contributed by atoms with van der Waals surface area (Å²) in [5.74, 6) is 0. The van der Waals surface area contributed by atoms with Crippen LogP contribution in [0.4, 0.5) is 0 Å². The average molecular weight is 209 g/mol. The van der Waals surface area contributed by atoms with Crippen LogP contribution in [0, 0.1) is 0 Å². The van der Waals surface area contributed by atoms with Gasteiger partial charge in [-0.1, -0.05) is 30.3 Å². The second-order valence-electron chi connectivity index (χ2n) is 2.13. The Morgan fingerprint density at radius 2 is 1.67 bits per heavy atom. The summed E-state index contributed by atoms with van der Waals surface area (Å²) in [6.45, 7) is 0. The highest BCUT2D eigenvalue weighted by molar-refractivity contribution is 6.71. The van der Waals surface area contributed by atoms with Gasteiger partial charge in [-0.15, -0.1) is 0 Å². The Labute approximate surface area is 77.6 Å². The summed E-state index contributed by atoms with van der Waals surface area (Å²) in [5, 5.41) is 1.14. The average Bonchev–Trinajstić information content (AvgIpc) is 2.21. The van der Waals surface area contributed by atoms with Crippen molar-refractivity contribution >= 4 is 34.5 Å². The van der Waals surface area contributed by atoms with E-state index in [1.807, 2.05) is 30.3 Å². The van der Waals surface area contributed by atoms with E-state index in [0.717, 1.165) is 5.19 Å². The van der Waals surface area contributed by atoms with E-state index in [1.165, 1.54) is 0 Å². The van der Waals surface area contributed by atoms with Crippen LogP contribution in [0.15, 0.2) is 30.3 Å². The number of rotatable bonds is 1. The van der Waals surface area contributed by atoms with Crippen LogP contribution < -0.4 is 5.19 Å². The molecule has 0 atom stereocenters. The third-order valence-electron chi connectivity index (χ3n) is 1.36. The van der Waals surface area contributed by atoms with Crippen molar-refractivity contribution in [2.75, 3.05) is 0 Å². The van der Waals surface area contributed by atoms with Gasteiger partial charge in [0.25, 0.3) is 0 Å². The first-order valence-electron chi connectivity index (χ1n) is 3.39. The Bertz CT molecular complexity index is 237. The molecular formula is C6H5O3Si3. The Morgan fingerprint density at radius 3 is 2.33 bits per heavy atom. The second kappa shape index (κ2) is 4.12. The molecule has 3 nitrogen and oxygen atoms in total. The zero-order valence-electron chi connectivity index (χ0n) is 6.11. The van der Waals surface area contributed by atoms with Gasteiger partial charge in [0.15, 0.2) is 0 Å². The van der Waals surface area contributed by atoms with Crippen molar-refractivity contribution in [1.82, 2.24) is 0 Å². The Hall–Kier alpha value is -0.249. The molecule has 1 fully saturated rings. The first kappa shape index (κ1) is 8.35. The lowest BCUT2D eigenvalue weighted by molar-refractivity contribution is 0.334. The molecule has 0 unspecified atom stereocenters. The smallest absolute Gasteiger partial charge is 0.412 e. The first-order chi connectivity index (χ1) is 5.97. The quantitative estimate of drug-likeness (QED) is 0.584. The fraction of sp³-hybridized carbons (Fsp3) is 0. The van der Waals surface area contributed by atoms with Crippen LogP contribution in [-0.2, 0) is 12.3 Å². The van der Waals surface area contributed by atoms with Crippen molar-refractivity contribution in [2.24, 2.45) is 0 Å². The van der Waals surface area contributed by atoms with Gasteiger partial charge in [-0.25, -0.2) is 0 Å². The third kappa shape index (κ3) is 1.91. The number of hydrogen-bond acceptors (Lipinski definition) is 3. The summed E-state index contributed by atoms with van der Waals surface area (Å²) in [7, 11) is -0.946. The Kier molecular flexibility index (Phi) is 2.87. The molecule has 5 radical (unpaired) electrons. The predicted octanol–water partition coefficient (Wildman–Crippen LogP) is -0.486. The molecule has 0 amide bonds. The monoisotopic (exact) mass is 209 g/mol. The van der Waals surface area contributed by atoms with Gasteiger partial charge in [-0.05, 0) is 5.19 Å². The molecule has 0 aliphatic carbocycles. The van der Waals surface area contributed by atoms with E-state index in [2.05, 4.69) is 0 Å². The van der Waals surface area contributed by atoms with Gasteiger partial charge in [-0.2, -0.15) is 0 Å². The van der Waals surface area contributed by atoms with E-state index in [1.54, 1.807) is 0 Å². The maximum atomic E-state index is 5.36. The lowest BCUT2D eigenvalue weighted by Gasteiger charge is -2.18. The summed E-state index contributed by atoms with van der Waals surface area (Å²) < 4.78 is 15.7. The molecule has 0 aromatic heterocycles. The van der Waals surface area contributed by atoms with E-state index < -0.39 is 9.28 Å². The maximum absolute atomic E-state index is 5.36. The predicted molar refractivity (Wildman–Crippen MR) is 46.6 cm³/mol. The van der Waals surface area contributed by atoms with Crippen LogP contribution in [0.2, 0.25) is 0 Å². The topological polar surface area (TPSA) is 27.7 Å². The standard InChI is InChI=1S/C6H5O3Si3/c1-2-4-6(5-3-1)12-8-10-7-11-9-12/h1-5H. The minimum absolute atomic E-state index is 0.140. The van der Waals surface area contributed by atoms with E-state index in [0.29, 0.717) is 0 Å². The van der Waals surface area contributed by atoms with Gasteiger partial charge in [0.2, 0.25) is 0 Å². The molecule has 0 saturated carbocycles. The number of hydrogen-bond donors (Lipinski definition) is 0. The van der Waals surface area contributed by atoms with Gasteiger partial charge in [0, 0.05) is 0 Å². The zero-order chi connectivity index (χ0) is 8.23. The molecule has 6 heteroatoms. The molecule has 59 valence electrons. The van der Waals surface area contributed by atoms with Crippen LogP contribution in [0.3, 0.4) is 0 Å². The highest BCUT2D eigenvalue weighted by Crippen LogP contribution is 1.96. The molecule has 1 aliphatic rings. The van der Waals surface area contributed by atoms with E-state index in [4.69, 9.17) is 12.3 Å². The van der Waals surface area contributed by atoms with E-state index in [9.17, 15) is 0 Å². The molecule has 1 saturated heterocycles. The molecular weight excluding hydrogens is 204 g/mol. The van der Waals surface area contributed by atoms with Crippen LogP contribution in [0.1, 0.15) is 0 Å². The van der Waals surface area contributed by atoms with Gasteiger partial charge >= 0.3 is 29.3 Å². The van der Waals surface area contributed by atoms with Crippen molar-refractivity contribution in [2.45, 2.75) is 0 Å². The third-order valence-corrected chi connectivity index (χ3v) is 4.98. The molecule has 0 spiro atoms. The Morgan fingerprint density at radius 1 is 1.00 bits per heavy atom. The summed E-state index contributed by atoms with van der Waals surface area (Å²) >= 11 is 0. The van der Waals surface area contributed by atoms with Crippen LogP contribution in [0.25, 0.3) is 0 Å². The van der Waals surface area contributed by atoms with Gasteiger partial charge in [0.1, 0.15) is 0 Å². The fourth-order valence-electron chi connectivity index (χ4n) is 0.847. The highest BCUT2D eigenvalue weighted by Gasteiger charge is 2.24. The molecule has 1 aromatic carbocycles. The molecule has 1 aliphatic heterocycles. The molecule has 0 bridgehead atoms.